The summed E-state index contributed by atoms with van der Waals surface area (Å²) in [5.41, 5.74) is 0.405. The van der Waals surface area contributed by atoms with Crippen LogP contribution in [0.1, 0.15) is 47.9 Å². The Bertz CT molecular complexity index is 1520. The fraction of sp³-hybridized carbons (Fsp3) is 0.276. The maximum absolute atomic E-state index is 13.3. The van der Waals surface area contributed by atoms with E-state index in [9.17, 15) is 27.9 Å². The SMILES string of the molecule is CCC(C(=O)Nc1cc(O)c(NC(=O)c2ccc(C(=O)OC)cc2)cc1Cl)S(=O)(=O)c1ccc(SCC(C)C)cc1. The lowest BCUT2D eigenvalue weighted by Gasteiger charge is -2.18. The lowest BCUT2D eigenvalue weighted by Crippen LogP contribution is -2.34. The molecule has 0 spiro atoms. The summed E-state index contributed by atoms with van der Waals surface area (Å²) in [6, 6.07) is 14.5. The molecule has 0 radical (unpaired) electrons. The van der Waals surface area contributed by atoms with E-state index in [1.807, 2.05) is 0 Å². The van der Waals surface area contributed by atoms with Gasteiger partial charge in [-0.1, -0.05) is 32.4 Å². The van der Waals surface area contributed by atoms with Gasteiger partial charge in [-0.15, -0.1) is 11.8 Å². The van der Waals surface area contributed by atoms with Gasteiger partial charge in [0.15, 0.2) is 9.84 Å². The number of halogens is 1. The second-order valence-electron chi connectivity index (χ2n) is 9.48. The molecule has 0 aliphatic heterocycles. The Balaban J connectivity index is 1.73. The zero-order valence-corrected chi connectivity index (χ0v) is 25.3. The van der Waals surface area contributed by atoms with E-state index in [0.717, 1.165) is 16.7 Å². The third kappa shape index (κ3) is 8.02. The minimum Gasteiger partial charge on any atom is -0.506 e. The van der Waals surface area contributed by atoms with Crippen molar-refractivity contribution in [3.05, 3.63) is 76.8 Å². The number of methoxy groups -OCH3 is 1. The van der Waals surface area contributed by atoms with Gasteiger partial charge in [0.1, 0.15) is 11.0 Å². The van der Waals surface area contributed by atoms with Crippen molar-refractivity contribution in [2.24, 2.45) is 5.92 Å². The van der Waals surface area contributed by atoms with Gasteiger partial charge < -0.3 is 20.5 Å². The van der Waals surface area contributed by atoms with Crippen molar-refractivity contribution < 1.29 is 32.6 Å². The van der Waals surface area contributed by atoms with E-state index in [2.05, 4.69) is 29.2 Å². The van der Waals surface area contributed by atoms with Crippen LogP contribution in [0, 0.1) is 5.92 Å². The summed E-state index contributed by atoms with van der Waals surface area (Å²) in [6.07, 6.45) is 0.00449. The molecule has 3 aromatic rings. The molecule has 218 valence electrons. The summed E-state index contributed by atoms with van der Waals surface area (Å²) in [7, 11) is -2.77. The molecular weight excluding hydrogens is 588 g/mol. The second-order valence-corrected chi connectivity index (χ2v) is 13.1. The Morgan fingerprint density at radius 2 is 1.56 bits per heavy atom. The van der Waals surface area contributed by atoms with E-state index in [0.29, 0.717) is 5.92 Å². The number of esters is 1. The number of carbonyl (C=O) groups is 3. The molecule has 0 aromatic heterocycles. The molecule has 41 heavy (non-hydrogen) atoms. The van der Waals surface area contributed by atoms with Crippen molar-refractivity contribution in [3.8, 4) is 5.75 Å². The number of ether oxygens (including phenoxy) is 1. The Kier molecular flexibility index (Phi) is 10.8. The zero-order valence-electron chi connectivity index (χ0n) is 22.9. The molecule has 0 aliphatic carbocycles. The Labute approximate surface area is 248 Å². The molecule has 0 saturated heterocycles. The van der Waals surface area contributed by atoms with Crippen LogP contribution in [0.5, 0.6) is 5.75 Å². The molecule has 0 bridgehead atoms. The topological polar surface area (TPSA) is 139 Å². The molecule has 0 aliphatic rings. The molecule has 3 aromatic carbocycles. The monoisotopic (exact) mass is 618 g/mol. The maximum Gasteiger partial charge on any atom is 0.337 e. The van der Waals surface area contributed by atoms with Crippen LogP contribution in [0.3, 0.4) is 0 Å². The molecular formula is C29H31ClN2O7S2. The van der Waals surface area contributed by atoms with Gasteiger partial charge in [-0.2, -0.15) is 0 Å². The highest BCUT2D eigenvalue weighted by atomic mass is 35.5. The second kappa shape index (κ2) is 13.9. The van der Waals surface area contributed by atoms with E-state index in [-0.39, 0.29) is 38.8 Å². The standard InChI is InChI=1S/C29H31ClN2O7S2/c1-5-26(41(37,38)21-12-10-20(11-13-21)40-16-17(2)3)28(35)31-23-15-25(33)24(14-22(23)30)32-27(34)18-6-8-19(9-7-18)29(36)39-4/h6-15,17,26,33H,5,16H2,1-4H3,(H,31,35)(H,32,34). The molecule has 0 saturated carbocycles. The van der Waals surface area contributed by atoms with Gasteiger partial charge in [0.2, 0.25) is 5.91 Å². The molecule has 3 rings (SSSR count). The van der Waals surface area contributed by atoms with Crippen molar-refractivity contribution in [2.75, 3.05) is 23.5 Å². The average Bonchev–Trinajstić information content (AvgIpc) is 2.94. The molecule has 2 amide bonds. The van der Waals surface area contributed by atoms with E-state index in [1.165, 1.54) is 49.6 Å². The highest BCUT2D eigenvalue weighted by Gasteiger charge is 2.33. The predicted molar refractivity (Wildman–Crippen MR) is 161 cm³/mol. The Morgan fingerprint density at radius 3 is 2.12 bits per heavy atom. The van der Waals surface area contributed by atoms with Gasteiger partial charge in [0, 0.05) is 22.3 Å². The minimum atomic E-state index is -4.02. The Hall–Kier alpha value is -3.54. The highest BCUT2D eigenvalue weighted by Crippen LogP contribution is 2.35. The van der Waals surface area contributed by atoms with Crippen LogP contribution in [-0.4, -0.2) is 49.4 Å². The van der Waals surface area contributed by atoms with Crippen molar-refractivity contribution in [1.29, 1.82) is 0 Å². The van der Waals surface area contributed by atoms with Crippen LogP contribution in [-0.2, 0) is 19.4 Å². The van der Waals surface area contributed by atoms with E-state index in [1.54, 1.807) is 30.8 Å². The first-order valence-electron chi connectivity index (χ1n) is 12.7. The number of sulfone groups is 1. The molecule has 12 heteroatoms. The largest absolute Gasteiger partial charge is 0.506 e. The quantitative estimate of drug-likeness (QED) is 0.135. The third-order valence-corrected chi connectivity index (χ3v) is 9.91. The van der Waals surface area contributed by atoms with Crippen LogP contribution in [0.25, 0.3) is 0 Å². The van der Waals surface area contributed by atoms with E-state index < -0.39 is 38.6 Å². The first-order valence-corrected chi connectivity index (χ1v) is 15.6. The number of anilines is 2. The number of nitrogens with one attached hydrogen (secondary N) is 2. The summed E-state index contributed by atoms with van der Waals surface area (Å²) >= 11 is 7.94. The molecule has 9 nitrogen and oxygen atoms in total. The van der Waals surface area contributed by atoms with E-state index in [4.69, 9.17) is 11.6 Å². The molecule has 0 fully saturated rings. The third-order valence-electron chi connectivity index (χ3n) is 5.93. The summed E-state index contributed by atoms with van der Waals surface area (Å²) in [4.78, 5) is 38.3. The van der Waals surface area contributed by atoms with Crippen LogP contribution < -0.4 is 10.6 Å². The smallest absolute Gasteiger partial charge is 0.337 e. The first kappa shape index (κ1) is 32.0. The summed E-state index contributed by atoms with van der Waals surface area (Å²) in [6.45, 7) is 5.78. The summed E-state index contributed by atoms with van der Waals surface area (Å²) < 4.78 is 31.2. The predicted octanol–water partition coefficient (Wildman–Crippen LogP) is 6.02. The number of hydrogen-bond acceptors (Lipinski definition) is 8. The van der Waals surface area contributed by atoms with Crippen molar-refractivity contribution >= 4 is 62.4 Å². The number of carbonyl (C=O) groups excluding carboxylic acids is 3. The number of rotatable bonds is 11. The number of hydrogen-bond donors (Lipinski definition) is 3. The van der Waals surface area contributed by atoms with Gasteiger partial charge >= 0.3 is 5.97 Å². The maximum atomic E-state index is 13.3. The normalized spacial score (nSPS) is 12.0. The van der Waals surface area contributed by atoms with Gasteiger partial charge in [-0.05, 0) is 66.9 Å². The lowest BCUT2D eigenvalue weighted by atomic mass is 10.1. The van der Waals surface area contributed by atoms with Crippen LogP contribution in [0.4, 0.5) is 11.4 Å². The number of phenolic OH excluding ortho intramolecular Hbond substituents is 1. The van der Waals surface area contributed by atoms with Crippen molar-refractivity contribution in [2.45, 2.75) is 42.2 Å². The number of phenols is 1. The van der Waals surface area contributed by atoms with Gasteiger partial charge in [-0.25, -0.2) is 13.2 Å². The molecule has 1 atom stereocenters. The van der Waals surface area contributed by atoms with Gasteiger partial charge in [-0.3, -0.25) is 9.59 Å². The number of benzene rings is 3. The Morgan fingerprint density at radius 1 is 0.951 bits per heavy atom. The summed E-state index contributed by atoms with van der Waals surface area (Å²) in [5, 5.41) is 14.1. The van der Waals surface area contributed by atoms with Gasteiger partial charge in [0.25, 0.3) is 5.91 Å². The van der Waals surface area contributed by atoms with Crippen LogP contribution >= 0.6 is 23.4 Å². The highest BCUT2D eigenvalue weighted by molar-refractivity contribution is 7.99. The average molecular weight is 619 g/mol. The zero-order chi connectivity index (χ0) is 30.3. The van der Waals surface area contributed by atoms with Crippen molar-refractivity contribution in [1.82, 2.24) is 0 Å². The number of aromatic hydroxyl groups is 1. The minimum absolute atomic E-state index is 0.00449. The lowest BCUT2D eigenvalue weighted by molar-refractivity contribution is -0.115. The van der Waals surface area contributed by atoms with Gasteiger partial charge in [0.05, 0.1) is 34.0 Å². The first-order chi connectivity index (χ1) is 19.4. The molecule has 3 N–H and O–H groups in total. The molecule has 1 unspecified atom stereocenters. The molecule has 0 heterocycles. The van der Waals surface area contributed by atoms with Crippen LogP contribution in [0.2, 0.25) is 5.02 Å². The summed E-state index contributed by atoms with van der Waals surface area (Å²) in [5.74, 6) is -0.975. The number of amides is 2. The fourth-order valence-corrected chi connectivity index (χ4v) is 6.43. The van der Waals surface area contributed by atoms with Crippen molar-refractivity contribution in [3.63, 3.8) is 0 Å². The number of thioether (sulfide) groups is 1. The fourth-order valence-electron chi connectivity index (χ4n) is 3.74. The van der Waals surface area contributed by atoms with Crippen LogP contribution in [0.15, 0.2) is 70.5 Å². The van der Waals surface area contributed by atoms with E-state index >= 15 is 0 Å².